The van der Waals surface area contributed by atoms with E-state index in [2.05, 4.69) is 0 Å². The number of nitrogens with zero attached hydrogens (tertiary/aromatic N) is 3. The van der Waals surface area contributed by atoms with Crippen LogP contribution in [-0.4, -0.2) is 78.5 Å². The molecular formula is C10H14F3N3O2. The first-order chi connectivity index (χ1) is 8.41. The first-order valence-corrected chi connectivity index (χ1v) is 5.71. The van der Waals surface area contributed by atoms with Gasteiger partial charge in [0, 0.05) is 45.3 Å². The molecule has 0 saturated carbocycles. The number of likely N-dealkylation sites (tertiary alicyclic amines) is 1. The van der Waals surface area contributed by atoms with E-state index in [-0.39, 0.29) is 19.1 Å². The Kier molecular flexibility index (Phi) is 3.47. The number of carbonyl (C=O) groups is 2. The molecule has 0 unspecified atom stereocenters. The number of piperazine rings is 1. The maximum atomic E-state index is 12.2. The van der Waals surface area contributed by atoms with Crippen LogP contribution >= 0.6 is 0 Å². The zero-order valence-electron chi connectivity index (χ0n) is 9.69. The minimum atomic E-state index is -4.78. The third-order valence-electron chi connectivity index (χ3n) is 3.40. The molecule has 0 bridgehead atoms. The van der Waals surface area contributed by atoms with Gasteiger partial charge in [-0.05, 0) is 0 Å². The molecule has 2 saturated heterocycles. The van der Waals surface area contributed by atoms with E-state index in [0.717, 1.165) is 11.3 Å². The van der Waals surface area contributed by atoms with Crippen molar-refractivity contribution in [3.05, 3.63) is 0 Å². The lowest BCUT2D eigenvalue weighted by atomic mass is 10.1. The van der Waals surface area contributed by atoms with Gasteiger partial charge in [-0.2, -0.15) is 13.2 Å². The van der Waals surface area contributed by atoms with Crippen LogP contribution < -0.4 is 0 Å². The van der Waals surface area contributed by atoms with Gasteiger partial charge in [-0.25, -0.2) is 0 Å². The van der Waals surface area contributed by atoms with Crippen molar-refractivity contribution in [1.29, 1.82) is 0 Å². The van der Waals surface area contributed by atoms with E-state index >= 15 is 0 Å². The molecule has 0 aromatic carbocycles. The monoisotopic (exact) mass is 265 g/mol. The van der Waals surface area contributed by atoms with Gasteiger partial charge >= 0.3 is 12.1 Å². The molecule has 2 rings (SSSR count). The van der Waals surface area contributed by atoms with Gasteiger partial charge in [0.1, 0.15) is 0 Å². The normalized spacial score (nSPS) is 22.8. The van der Waals surface area contributed by atoms with Gasteiger partial charge in [0.2, 0.25) is 6.41 Å². The fraction of sp³-hybridized carbons (Fsp3) is 0.800. The van der Waals surface area contributed by atoms with Crippen molar-refractivity contribution >= 4 is 12.3 Å². The van der Waals surface area contributed by atoms with Crippen molar-refractivity contribution in [2.45, 2.75) is 12.2 Å². The molecular weight excluding hydrogens is 251 g/mol. The second-order valence-corrected chi connectivity index (χ2v) is 4.54. The van der Waals surface area contributed by atoms with Crippen molar-refractivity contribution in [2.24, 2.45) is 0 Å². The molecule has 18 heavy (non-hydrogen) atoms. The topological polar surface area (TPSA) is 43.9 Å². The predicted octanol–water partition coefficient (Wildman–Crippen LogP) is -0.467. The van der Waals surface area contributed by atoms with Crippen LogP contribution in [0.3, 0.4) is 0 Å². The van der Waals surface area contributed by atoms with Crippen LogP contribution in [0.25, 0.3) is 0 Å². The molecule has 0 aromatic heterocycles. The standard InChI is InChI=1S/C10H14F3N3O2/c11-10(12,13)9(18)16-3-1-15(2-4-16)8-5-14(6-8)7-17/h7-8H,1-6H2. The summed E-state index contributed by atoms with van der Waals surface area (Å²) in [6.07, 6.45) is -4.02. The molecule has 2 aliphatic rings. The van der Waals surface area contributed by atoms with E-state index in [1.165, 1.54) is 0 Å². The molecule has 0 spiro atoms. The maximum absolute atomic E-state index is 12.2. The summed E-state index contributed by atoms with van der Waals surface area (Å²) in [5.41, 5.74) is 0. The number of alkyl halides is 3. The van der Waals surface area contributed by atoms with E-state index in [4.69, 9.17) is 0 Å². The highest BCUT2D eigenvalue weighted by atomic mass is 19.4. The van der Waals surface area contributed by atoms with Crippen LogP contribution in [0.2, 0.25) is 0 Å². The third-order valence-corrected chi connectivity index (χ3v) is 3.40. The highest BCUT2D eigenvalue weighted by Gasteiger charge is 2.44. The molecule has 2 amide bonds. The maximum Gasteiger partial charge on any atom is 0.471 e. The van der Waals surface area contributed by atoms with E-state index in [1.54, 1.807) is 4.90 Å². The minimum Gasteiger partial charge on any atom is -0.342 e. The molecule has 0 aliphatic carbocycles. The number of hydrogen-bond acceptors (Lipinski definition) is 3. The van der Waals surface area contributed by atoms with E-state index < -0.39 is 12.1 Å². The van der Waals surface area contributed by atoms with E-state index in [0.29, 0.717) is 26.2 Å². The summed E-state index contributed by atoms with van der Waals surface area (Å²) >= 11 is 0. The Morgan fingerprint density at radius 2 is 1.67 bits per heavy atom. The van der Waals surface area contributed by atoms with Gasteiger partial charge < -0.3 is 9.80 Å². The molecule has 102 valence electrons. The van der Waals surface area contributed by atoms with Crippen LogP contribution in [0.4, 0.5) is 13.2 Å². The van der Waals surface area contributed by atoms with Gasteiger partial charge in [0.15, 0.2) is 0 Å². The number of halogens is 3. The van der Waals surface area contributed by atoms with Crippen molar-refractivity contribution < 1.29 is 22.8 Å². The Balaban J connectivity index is 1.78. The SMILES string of the molecule is O=CN1CC(N2CCN(C(=O)C(F)(F)F)CC2)C1. The lowest BCUT2D eigenvalue weighted by Gasteiger charge is -2.46. The Bertz CT molecular complexity index is 334. The number of rotatable bonds is 2. The molecule has 8 heteroatoms. The summed E-state index contributed by atoms with van der Waals surface area (Å²) in [5, 5.41) is 0. The Labute approximate surface area is 102 Å². The number of amides is 2. The molecule has 5 nitrogen and oxygen atoms in total. The molecule has 0 aromatic rings. The van der Waals surface area contributed by atoms with Crippen LogP contribution in [-0.2, 0) is 9.59 Å². The Hall–Kier alpha value is -1.31. The molecule has 0 N–H and O–H groups in total. The smallest absolute Gasteiger partial charge is 0.342 e. The summed E-state index contributed by atoms with van der Waals surface area (Å²) in [7, 11) is 0. The summed E-state index contributed by atoms with van der Waals surface area (Å²) in [6.45, 7) is 2.29. The van der Waals surface area contributed by atoms with Gasteiger partial charge in [-0.3, -0.25) is 14.5 Å². The Morgan fingerprint density at radius 3 is 2.11 bits per heavy atom. The summed E-state index contributed by atoms with van der Waals surface area (Å²) < 4.78 is 36.6. The average molecular weight is 265 g/mol. The third kappa shape index (κ3) is 2.58. The quantitative estimate of drug-likeness (QED) is 0.634. The number of hydrogen-bond donors (Lipinski definition) is 0. The van der Waals surface area contributed by atoms with Crippen molar-refractivity contribution in [2.75, 3.05) is 39.3 Å². The number of carbonyl (C=O) groups excluding carboxylic acids is 2. The highest BCUT2D eigenvalue weighted by molar-refractivity contribution is 5.81. The van der Waals surface area contributed by atoms with Crippen molar-refractivity contribution in [3.8, 4) is 0 Å². The molecule has 2 heterocycles. The summed E-state index contributed by atoms with van der Waals surface area (Å²) in [4.78, 5) is 25.9. The van der Waals surface area contributed by atoms with Crippen molar-refractivity contribution in [1.82, 2.24) is 14.7 Å². The first-order valence-electron chi connectivity index (χ1n) is 5.71. The zero-order chi connectivity index (χ0) is 13.3. The molecule has 2 fully saturated rings. The second kappa shape index (κ2) is 4.75. The fourth-order valence-corrected chi connectivity index (χ4v) is 2.27. The highest BCUT2D eigenvalue weighted by Crippen LogP contribution is 2.21. The van der Waals surface area contributed by atoms with Crippen LogP contribution in [0, 0.1) is 0 Å². The van der Waals surface area contributed by atoms with Gasteiger partial charge in [-0.1, -0.05) is 0 Å². The lowest BCUT2D eigenvalue weighted by Crippen LogP contribution is -2.63. The summed E-state index contributed by atoms with van der Waals surface area (Å²) in [6, 6.07) is 0.221. The summed E-state index contributed by atoms with van der Waals surface area (Å²) in [5.74, 6) is -1.76. The van der Waals surface area contributed by atoms with Gasteiger partial charge in [-0.15, -0.1) is 0 Å². The van der Waals surface area contributed by atoms with Gasteiger partial charge in [0.05, 0.1) is 0 Å². The average Bonchev–Trinajstić information content (AvgIpc) is 2.26. The minimum absolute atomic E-state index is 0.0932. The zero-order valence-corrected chi connectivity index (χ0v) is 9.69. The largest absolute Gasteiger partial charge is 0.471 e. The lowest BCUT2D eigenvalue weighted by molar-refractivity contribution is -0.187. The predicted molar refractivity (Wildman–Crippen MR) is 55.6 cm³/mol. The Morgan fingerprint density at radius 1 is 1.11 bits per heavy atom. The second-order valence-electron chi connectivity index (χ2n) is 4.54. The molecule has 0 radical (unpaired) electrons. The van der Waals surface area contributed by atoms with Crippen molar-refractivity contribution in [3.63, 3.8) is 0 Å². The van der Waals surface area contributed by atoms with E-state index in [1.807, 2.05) is 4.90 Å². The van der Waals surface area contributed by atoms with Crippen LogP contribution in [0.1, 0.15) is 0 Å². The molecule has 2 aliphatic heterocycles. The fourth-order valence-electron chi connectivity index (χ4n) is 2.27. The van der Waals surface area contributed by atoms with Crippen LogP contribution in [0.5, 0.6) is 0 Å². The van der Waals surface area contributed by atoms with E-state index in [9.17, 15) is 22.8 Å². The van der Waals surface area contributed by atoms with Gasteiger partial charge in [0.25, 0.3) is 0 Å². The first kappa shape index (κ1) is 13.1. The molecule has 0 atom stereocenters. The van der Waals surface area contributed by atoms with Crippen LogP contribution in [0.15, 0.2) is 0 Å².